The third-order valence-corrected chi connectivity index (χ3v) is 5.50. The first-order valence-electron chi connectivity index (χ1n) is 8.06. The van der Waals surface area contributed by atoms with Gasteiger partial charge >= 0.3 is 0 Å². The minimum absolute atomic E-state index is 0.0302. The second-order valence-corrected chi connectivity index (χ2v) is 7.65. The van der Waals surface area contributed by atoms with Crippen LogP contribution in [0.1, 0.15) is 0 Å². The lowest BCUT2D eigenvalue weighted by Crippen LogP contribution is -2.15. The van der Waals surface area contributed by atoms with Gasteiger partial charge in [0.05, 0.1) is 29.5 Å². The molecule has 0 aliphatic carbocycles. The largest absolute Gasteiger partial charge is 0.496 e. The molecule has 12 heteroatoms. The highest BCUT2D eigenvalue weighted by Gasteiger charge is 2.18. The second-order valence-electron chi connectivity index (χ2n) is 5.46. The van der Waals surface area contributed by atoms with Gasteiger partial charge in [0.25, 0.3) is 5.69 Å². The molecule has 0 bridgehead atoms. The van der Waals surface area contributed by atoms with Crippen LogP contribution >= 0.6 is 23.1 Å². The molecule has 3 aromatic rings. The Kier molecular flexibility index (Phi) is 6.57. The molecule has 0 aliphatic rings. The van der Waals surface area contributed by atoms with Crippen LogP contribution in [0.5, 0.6) is 5.75 Å². The number of para-hydroxylation sites is 1. The maximum Gasteiger partial charge on any atom is 0.296 e. The number of nitro groups is 1. The minimum atomic E-state index is -0.601. The molecule has 0 atom stereocenters. The van der Waals surface area contributed by atoms with Crippen molar-refractivity contribution < 1.29 is 18.8 Å². The van der Waals surface area contributed by atoms with Gasteiger partial charge in [-0.25, -0.2) is 4.39 Å². The number of anilines is 3. The summed E-state index contributed by atoms with van der Waals surface area (Å²) in [5.41, 5.74) is 0.0697. The van der Waals surface area contributed by atoms with E-state index in [-0.39, 0.29) is 22.8 Å². The molecule has 1 aromatic heterocycles. The van der Waals surface area contributed by atoms with Crippen LogP contribution in [0, 0.1) is 15.9 Å². The average Bonchev–Trinajstić information content (AvgIpc) is 3.16. The number of halogens is 1. The van der Waals surface area contributed by atoms with Crippen LogP contribution in [0.15, 0.2) is 46.8 Å². The number of carbonyl (C=O) groups excluding carboxylic acids is 1. The molecule has 2 N–H and O–H groups in total. The van der Waals surface area contributed by atoms with E-state index in [0.29, 0.717) is 15.2 Å². The third-order valence-electron chi connectivity index (χ3n) is 3.52. The van der Waals surface area contributed by atoms with E-state index in [1.807, 2.05) is 0 Å². The van der Waals surface area contributed by atoms with Crippen molar-refractivity contribution in [3.63, 3.8) is 0 Å². The van der Waals surface area contributed by atoms with Crippen LogP contribution < -0.4 is 15.4 Å². The van der Waals surface area contributed by atoms with E-state index >= 15 is 0 Å². The van der Waals surface area contributed by atoms with Gasteiger partial charge in [0.2, 0.25) is 11.0 Å². The van der Waals surface area contributed by atoms with E-state index in [4.69, 9.17) is 4.74 Å². The molecule has 0 unspecified atom stereocenters. The normalized spacial score (nSPS) is 10.4. The van der Waals surface area contributed by atoms with Crippen molar-refractivity contribution in [2.75, 3.05) is 23.5 Å². The summed E-state index contributed by atoms with van der Waals surface area (Å²) in [7, 11) is 1.39. The Hall–Kier alpha value is -3.25. The Morgan fingerprint density at radius 1 is 1.28 bits per heavy atom. The Balaban J connectivity index is 1.58. The standard InChI is InChI=1S/C17H14FN5O4S2/c1-27-10-6-7-13(14(8-10)23(25)26)19-15(24)9-28-17-22-21-16(29-17)20-12-5-3-2-4-11(12)18/h2-8H,9H2,1H3,(H,19,24)(H,20,21). The quantitative estimate of drug-likeness (QED) is 0.309. The number of amides is 1. The van der Waals surface area contributed by atoms with Crippen molar-refractivity contribution in [3.8, 4) is 5.75 Å². The molecule has 3 rings (SSSR count). The van der Waals surface area contributed by atoms with E-state index in [0.717, 1.165) is 23.1 Å². The lowest BCUT2D eigenvalue weighted by Gasteiger charge is -2.07. The number of nitrogens with one attached hydrogen (secondary N) is 2. The zero-order valence-corrected chi connectivity index (χ0v) is 16.6. The van der Waals surface area contributed by atoms with Crippen LogP contribution in [0.4, 0.5) is 26.6 Å². The van der Waals surface area contributed by atoms with Gasteiger partial charge in [-0.2, -0.15) is 0 Å². The first-order valence-corrected chi connectivity index (χ1v) is 9.86. The summed E-state index contributed by atoms with van der Waals surface area (Å²) in [6.45, 7) is 0. The highest BCUT2D eigenvalue weighted by Crippen LogP contribution is 2.31. The van der Waals surface area contributed by atoms with Crippen LogP contribution in [0.2, 0.25) is 0 Å². The topological polar surface area (TPSA) is 119 Å². The number of aromatic nitrogens is 2. The highest BCUT2D eigenvalue weighted by molar-refractivity contribution is 8.01. The van der Waals surface area contributed by atoms with Gasteiger partial charge in [-0.1, -0.05) is 35.2 Å². The number of hydrogen-bond acceptors (Lipinski definition) is 9. The van der Waals surface area contributed by atoms with Crippen molar-refractivity contribution in [2.45, 2.75) is 4.34 Å². The van der Waals surface area contributed by atoms with E-state index in [1.54, 1.807) is 18.2 Å². The molecule has 9 nitrogen and oxygen atoms in total. The summed E-state index contributed by atoms with van der Waals surface area (Å²) in [6.07, 6.45) is 0. The van der Waals surface area contributed by atoms with Crippen molar-refractivity contribution in [3.05, 3.63) is 58.4 Å². The molecule has 0 saturated carbocycles. The zero-order valence-electron chi connectivity index (χ0n) is 14.9. The molecule has 0 radical (unpaired) electrons. The third kappa shape index (κ3) is 5.39. The minimum Gasteiger partial charge on any atom is -0.496 e. The number of carbonyl (C=O) groups is 1. The fourth-order valence-corrected chi connectivity index (χ4v) is 3.77. The second kappa shape index (κ2) is 9.30. The summed E-state index contributed by atoms with van der Waals surface area (Å²) in [4.78, 5) is 22.7. The van der Waals surface area contributed by atoms with E-state index in [9.17, 15) is 19.3 Å². The van der Waals surface area contributed by atoms with Gasteiger partial charge < -0.3 is 15.4 Å². The van der Waals surface area contributed by atoms with Gasteiger partial charge in [-0.15, -0.1) is 10.2 Å². The first-order chi connectivity index (χ1) is 14.0. The van der Waals surface area contributed by atoms with E-state index in [1.165, 1.54) is 31.4 Å². The van der Waals surface area contributed by atoms with Crippen LogP contribution in [0.3, 0.4) is 0 Å². The summed E-state index contributed by atoms with van der Waals surface area (Å²) >= 11 is 2.27. The van der Waals surface area contributed by atoms with Gasteiger partial charge in [-0.3, -0.25) is 14.9 Å². The monoisotopic (exact) mass is 435 g/mol. The van der Waals surface area contributed by atoms with Crippen LogP contribution in [-0.2, 0) is 4.79 Å². The molecule has 1 amide bonds. The average molecular weight is 435 g/mol. The molecule has 2 aromatic carbocycles. The molecular weight excluding hydrogens is 421 g/mol. The number of benzene rings is 2. The summed E-state index contributed by atoms with van der Waals surface area (Å²) in [5, 5.41) is 24.7. The number of hydrogen-bond donors (Lipinski definition) is 2. The van der Waals surface area contributed by atoms with Gasteiger partial charge in [0, 0.05) is 0 Å². The van der Waals surface area contributed by atoms with Crippen LogP contribution in [-0.4, -0.2) is 33.9 Å². The lowest BCUT2D eigenvalue weighted by atomic mass is 10.2. The smallest absolute Gasteiger partial charge is 0.296 e. The van der Waals surface area contributed by atoms with E-state index in [2.05, 4.69) is 20.8 Å². The highest BCUT2D eigenvalue weighted by atomic mass is 32.2. The van der Waals surface area contributed by atoms with Crippen molar-refractivity contribution in [1.82, 2.24) is 10.2 Å². The first kappa shape index (κ1) is 20.5. The molecule has 0 fully saturated rings. The Bertz CT molecular complexity index is 1050. The zero-order chi connectivity index (χ0) is 20.8. The fourth-order valence-electron chi connectivity index (χ4n) is 2.21. The number of nitrogens with zero attached hydrogens (tertiary/aromatic N) is 3. The Morgan fingerprint density at radius 2 is 2.07 bits per heavy atom. The van der Waals surface area contributed by atoms with Gasteiger partial charge in [-0.05, 0) is 24.3 Å². The summed E-state index contributed by atoms with van der Waals surface area (Å²) in [5.74, 6) is -0.579. The number of ether oxygens (including phenoxy) is 1. The Labute approximate surface area is 172 Å². The number of methoxy groups -OCH3 is 1. The van der Waals surface area contributed by atoms with Gasteiger partial charge in [0.1, 0.15) is 17.3 Å². The van der Waals surface area contributed by atoms with Crippen molar-refractivity contribution >= 4 is 51.2 Å². The molecule has 29 heavy (non-hydrogen) atoms. The molecule has 150 valence electrons. The number of thioether (sulfide) groups is 1. The molecule has 0 aliphatic heterocycles. The maximum absolute atomic E-state index is 13.7. The van der Waals surface area contributed by atoms with E-state index < -0.39 is 16.6 Å². The molecule has 1 heterocycles. The SMILES string of the molecule is COc1ccc(NC(=O)CSc2nnc(Nc3ccccc3F)s2)c([N+](=O)[O-])c1. The summed E-state index contributed by atoms with van der Waals surface area (Å²) in [6, 6.07) is 10.3. The van der Waals surface area contributed by atoms with Crippen molar-refractivity contribution in [2.24, 2.45) is 0 Å². The van der Waals surface area contributed by atoms with Crippen molar-refractivity contribution in [1.29, 1.82) is 0 Å². The lowest BCUT2D eigenvalue weighted by molar-refractivity contribution is -0.384. The summed E-state index contributed by atoms with van der Waals surface area (Å²) < 4.78 is 19.1. The fraction of sp³-hybridized carbons (Fsp3) is 0.118. The number of rotatable bonds is 8. The predicted molar refractivity (Wildman–Crippen MR) is 109 cm³/mol. The molecule has 0 saturated heterocycles. The van der Waals surface area contributed by atoms with Gasteiger partial charge in [0.15, 0.2) is 4.34 Å². The maximum atomic E-state index is 13.7. The molecule has 0 spiro atoms. The number of nitro benzene ring substituents is 1. The van der Waals surface area contributed by atoms with Crippen LogP contribution in [0.25, 0.3) is 0 Å². The molecular formula is C17H14FN5O4S2. The predicted octanol–water partition coefficient (Wildman–Crippen LogP) is 4.07. The Morgan fingerprint density at radius 3 is 2.79 bits per heavy atom.